The fraction of sp³-hybridized carbons (Fsp3) is 0.250. The van der Waals surface area contributed by atoms with Crippen molar-refractivity contribution in [3.8, 4) is 0 Å². The summed E-state index contributed by atoms with van der Waals surface area (Å²) in [6.07, 6.45) is 0. The monoisotopic (exact) mass is 442 g/mol. The van der Waals surface area contributed by atoms with Crippen LogP contribution in [0.1, 0.15) is 16.5 Å². The summed E-state index contributed by atoms with van der Waals surface area (Å²) in [5.74, 6) is 0.675. The molecule has 1 atom stereocenters. The summed E-state index contributed by atoms with van der Waals surface area (Å²) in [6, 6.07) is 11.6. The van der Waals surface area contributed by atoms with Crippen LogP contribution < -0.4 is 0 Å². The molecule has 0 aromatic heterocycles. The summed E-state index contributed by atoms with van der Waals surface area (Å²) in [5.41, 5.74) is 1.13. The van der Waals surface area contributed by atoms with Gasteiger partial charge in [-0.3, -0.25) is 10.1 Å². The number of hydrogen-bond acceptors (Lipinski definition) is 5. The van der Waals surface area contributed by atoms with E-state index >= 15 is 0 Å². The van der Waals surface area contributed by atoms with E-state index in [0.717, 1.165) is 16.1 Å². The number of nitro benzene ring substituents is 1. The van der Waals surface area contributed by atoms with Crippen LogP contribution in [0, 0.1) is 17.0 Å². The van der Waals surface area contributed by atoms with Crippen molar-refractivity contribution in [2.24, 2.45) is 0 Å². The van der Waals surface area contributed by atoms with E-state index in [9.17, 15) is 18.5 Å². The van der Waals surface area contributed by atoms with E-state index in [2.05, 4.69) is 15.9 Å². The minimum absolute atomic E-state index is 0.0468. The molecule has 0 aliphatic carbocycles. The van der Waals surface area contributed by atoms with Crippen LogP contribution in [0.5, 0.6) is 0 Å². The smallest absolute Gasteiger partial charge is 0.258 e. The van der Waals surface area contributed by atoms with Crippen LogP contribution in [0.15, 0.2) is 51.8 Å². The van der Waals surface area contributed by atoms with Crippen molar-refractivity contribution in [2.45, 2.75) is 17.2 Å². The van der Waals surface area contributed by atoms with Gasteiger partial charge in [0.1, 0.15) is 0 Å². The molecule has 1 saturated heterocycles. The Hall–Kier alpha value is -1.42. The molecule has 0 bridgehead atoms. The number of aryl methyl sites for hydroxylation is 1. The van der Waals surface area contributed by atoms with Crippen LogP contribution >= 0.6 is 27.7 Å². The van der Waals surface area contributed by atoms with E-state index in [-0.39, 0.29) is 16.0 Å². The Morgan fingerprint density at radius 3 is 2.56 bits per heavy atom. The van der Waals surface area contributed by atoms with Crippen molar-refractivity contribution in [3.05, 3.63) is 68.2 Å². The quantitative estimate of drug-likeness (QED) is 0.525. The normalized spacial score (nSPS) is 18.4. The predicted molar refractivity (Wildman–Crippen MR) is 101 cm³/mol. The number of benzene rings is 2. The highest BCUT2D eigenvalue weighted by Gasteiger charge is 2.37. The molecule has 2 aromatic carbocycles. The molecule has 0 amide bonds. The van der Waals surface area contributed by atoms with Gasteiger partial charge in [0, 0.05) is 28.4 Å². The lowest BCUT2D eigenvalue weighted by Gasteiger charge is -2.23. The molecule has 0 spiro atoms. The van der Waals surface area contributed by atoms with Crippen molar-refractivity contribution in [3.63, 3.8) is 0 Å². The minimum Gasteiger partial charge on any atom is -0.258 e. The second-order valence-corrected chi connectivity index (χ2v) is 9.59. The molecule has 6 nitrogen and oxygen atoms in total. The van der Waals surface area contributed by atoms with Gasteiger partial charge in [-0.15, -0.1) is 11.8 Å². The molecule has 0 saturated carbocycles. The van der Waals surface area contributed by atoms with Crippen molar-refractivity contribution < 1.29 is 13.3 Å². The lowest BCUT2D eigenvalue weighted by atomic mass is 10.2. The number of halogens is 1. The third-order valence-corrected chi connectivity index (χ3v) is 7.77. The van der Waals surface area contributed by atoms with E-state index < -0.39 is 14.9 Å². The van der Waals surface area contributed by atoms with Crippen molar-refractivity contribution in [1.29, 1.82) is 0 Å². The molecule has 9 heteroatoms. The third kappa shape index (κ3) is 3.59. The molecule has 1 heterocycles. The largest absolute Gasteiger partial charge is 0.273 e. The average molecular weight is 443 g/mol. The zero-order valence-corrected chi connectivity index (χ0v) is 16.5. The summed E-state index contributed by atoms with van der Waals surface area (Å²) >= 11 is 4.91. The molecule has 0 N–H and O–H groups in total. The van der Waals surface area contributed by atoms with Crippen LogP contribution in [-0.2, 0) is 10.0 Å². The highest BCUT2D eigenvalue weighted by atomic mass is 79.9. The summed E-state index contributed by atoms with van der Waals surface area (Å²) < 4.78 is 28.4. The van der Waals surface area contributed by atoms with Crippen LogP contribution in [0.25, 0.3) is 0 Å². The molecule has 3 rings (SSSR count). The maximum absolute atomic E-state index is 13.1. The highest BCUT2D eigenvalue weighted by molar-refractivity contribution is 9.10. The summed E-state index contributed by atoms with van der Waals surface area (Å²) in [4.78, 5) is 10.5. The SMILES string of the molecule is Cc1ccc(S(=O)(=O)N2CCS[C@@H]2c2ccc(Br)cc2)cc1[N+](=O)[O-]. The van der Waals surface area contributed by atoms with E-state index in [1.807, 2.05) is 24.3 Å². The molecular formula is C16H15BrN2O4S2. The molecule has 1 aliphatic rings. The van der Waals surface area contributed by atoms with E-state index in [0.29, 0.717) is 17.9 Å². The van der Waals surface area contributed by atoms with Crippen LogP contribution in [0.4, 0.5) is 5.69 Å². The topological polar surface area (TPSA) is 80.5 Å². The van der Waals surface area contributed by atoms with Gasteiger partial charge in [-0.2, -0.15) is 4.31 Å². The minimum atomic E-state index is -3.82. The fourth-order valence-electron chi connectivity index (χ4n) is 2.67. The first kappa shape index (κ1) is 18.4. The summed E-state index contributed by atoms with van der Waals surface area (Å²) in [5, 5.41) is 10.8. The maximum Gasteiger partial charge on any atom is 0.273 e. The number of nitrogens with zero attached hydrogens (tertiary/aromatic N) is 2. The first-order valence-electron chi connectivity index (χ1n) is 7.44. The lowest BCUT2D eigenvalue weighted by Crippen LogP contribution is -2.30. The molecule has 1 fully saturated rings. The fourth-order valence-corrected chi connectivity index (χ4v) is 6.20. The van der Waals surface area contributed by atoms with Crippen LogP contribution in [0.3, 0.4) is 0 Å². The lowest BCUT2D eigenvalue weighted by molar-refractivity contribution is -0.385. The number of hydrogen-bond donors (Lipinski definition) is 0. The second-order valence-electron chi connectivity index (χ2n) is 5.60. The Balaban J connectivity index is 2.00. The van der Waals surface area contributed by atoms with Crippen molar-refractivity contribution in [1.82, 2.24) is 4.31 Å². The van der Waals surface area contributed by atoms with Gasteiger partial charge in [-0.05, 0) is 30.7 Å². The molecule has 0 unspecified atom stereocenters. The van der Waals surface area contributed by atoms with E-state index in [1.165, 1.54) is 16.4 Å². The van der Waals surface area contributed by atoms with Gasteiger partial charge in [0.2, 0.25) is 10.0 Å². The number of sulfonamides is 1. The Morgan fingerprint density at radius 1 is 1.24 bits per heavy atom. The number of rotatable bonds is 4. The van der Waals surface area contributed by atoms with E-state index in [4.69, 9.17) is 0 Å². The molecule has 1 aliphatic heterocycles. The second kappa shape index (κ2) is 7.06. The third-order valence-electron chi connectivity index (χ3n) is 3.99. The zero-order chi connectivity index (χ0) is 18.2. The predicted octanol–water partition coefficient (Wildman–Crippen LogP) is 4.10. The van der Waals surface area contributed by atoms with Crippen LogP contribution in [-0.4, -0.2) is 29.9 Å². The first-order chi connectivity index (χ1) is 11.8. The van der Waals surface area contributed by atoms with Gasteiger partial charge in [0.25, 0.3) is 5.69 Å². The van der Waals surface area contributed by atoms with Crippen molar-refractivity contribution in [2.75, 3.05) is 12.3 Å². The molecule has 0 radical (unpaired) electrons. The van der Waals surface area contributed by atoms with Gasteiger partial charge < -0.3 is 0 Å². The maximum atomic E-state index is 13.1. The molecule has 25 heavy (non-hydrogen) atoms. The zero-order valence-electron chi connectivity index (χ0n) is 13.3. The number of thioether (sulfide) groups is 1. The van der Waals surface area contributed by atoms with Gasteiger partial charge in [0.05, 0.1) is 15.2 Å². The Labute approximate surface area is 158 Å². The Bertz CT molecular complexity index is 916. The molecule has 132 valence electrons. The van der Waals surface area contributed by atoms with Crippen LogP contribution in [0.2, 0.25) is 0 Å². The van der Waals surface area contributed by atoms with E-state index in [1.54, 1.807) is 18.7 Å². The molecule has 2 aromatic rings. The first-order valence-corrected chi connectivity index (χ1v) is 10.7. The highest BCUT2D eigenvalue weighted by Crippen LogP contribution is 2.42. The van der Waals surface area contributed by atoms with Gasteiger partial charge in [-0.25, -0.2) is 8.42 Å². The van der Waals surface area contributed by atoms with Crippen molar-refractivity contribution >= 4 is 43.4 Å². The van der Waals surface area contributed by atoms with Gasteiger partial charge in [-0.1, -0.05) is 34.1 Å². The average Bonchev–Trinajstić information content (AvgIpc) is 3.06. The summed E-state index contributed by atoms with van der Waals surface area (Å²) in [7, 11) is -3.82. The standard InChI is InChI=1S/C16H15BrN2O4S2/c1-11-2-7-14(10-15(11)19(20)21)25(22,23)18-8-9-24-16(18)12-3-5-13(17)6-4-12/h2-7,10,16H,8-9H2,1H3/t16-/m1/s1. The Kier molecular flexibility index (Phi) is 5.19. The summed E-state index contributed by atoms with van der Waals surface area (Å²) in [6.45, 7) is 1.96. The van der Waals surface area contributed by atoms with Gasteiger partial charge >= 0.3 is 0 Å². The Morgan fingerprint density at radius 2 is 1.92 bits per heavy atom. The number of nitro groups is 1. The van der Waals surface area contributed by atoms with Gasteiger partial charge in [0.15, 0.2) is 0 Å². The molecular weight excluding hydrogens is 428 g/mol.